The molecular formula is C21H23N3O3. The maximum Gasteiger partial charge on any atom is 0.289 e. The summed E-state index contributed by atoms with van der Waals surface area (Å²) in [6.07, 6.45) is 5.83. The fourth-order valence-corrected chi connectivity index (χ4v) is 3.67. The van der Waals surface area contributed by atoms with Gasteiger partial charge in [-0.2, -0.15) is 0 Å². The van der Waals surface area contributed by atoms with Gasteiger partial charge in [0.05, 0.1) is 7.11 Å². The van der Waals surface area contributed by atoms with Gasteiger partial charge in [-0.05, 0) is 24.5 Å². The molecule has 3 aromatic rings. The number of likely N-dealkylation sites (tertiary alicyclic amines) is 1. The molecule has 4 rings (SSSR count). The number of furan rings is 1. The first kappa shape index (κ1) is 17.4. The lowest BCUT2D eigenvalue weighted by molar-refractivity contribution is 0.0665. The minimum Gasteiger partial charge on any atom is -0.468 e. The molecule has 1 amide bonds. The van der Waals surface area contributed by atoms with Gasteiger partial charge in [0.1, 0.15) is 5.82 Å². The molecular weight excluding hydrogens is 342 g/mol. The Morgan fingerprint density at radius 3 is 2.89 bits per heavy atom. The second-order valence-corrected chi connectivity index (χ2v) is 6.81. The molecule has 140 valence electrons. The topological polar surface area (TPSA) is 60.5 Å². The maximum atomic E-state index is 12.8. The van der Waals surface area contributed by atoms with Gasteiger partial charge in [0.25, 0.3) is 11.9 Å². The van der Waals surface area contributed by atoms with Crippen molar-refractivity contribution in [2.75, 3.05) is 20.2 Å². The Hall–Kier alpha value is -3.02. The standard InChI is InChI=1S/C21H23N3O3/c1-26-19-10-9-18(27-19)21(25)24-12-5-8-17(15-24)20-22-11-13-23(20)14-16-6-3-2-4-7-16/h2-4,6-7,9-11,13,17H,5,8,12,14-15H2,1H3/t17-/m0/s1. The van der Waals surface area contributed by atoms with Crippen molar-refractivity contribution in [1.82, 2.24) is 14.5 Å². The molecule has 1 aromatic carbocycles. The molecule has 0 N–H and O–H groups in total. The van der Waals surface area contributed by atoms with Gasteiger partial charge in [-0.25, -0.2) is 4.98 Å². The molecule has 0 bridgehead atoms. The first-order chi connectivity index (χ1) is 13.2. The van der Waals surface area contributed by atoms with Crippen molar-refractivity contribution in [3.8, 4) is 5.95 Å². The Balaban J connectivity index is 1.49. The first-order valence-corrected chi connectivity index (χ1v) is 9.22. The number of methoxy groups -OCH3 is 1. The molecule has 27 heavy (non-hydrogen) atoms. The van der Waals surface area contributed by atoms with Gasteiger partial charge in [0.2, 0.25) is 0 Å². The van der Waals surface area contributed by atoms with Crippen LogP contribution >= 0.6 is 0 Å². The number of rotatable bonds is 5. The number of carbonyl (C=O) groups is 1. The van der Waals surface area contributed by atoms with E-state index in [-0.39, 0.29) is 11.8 Å². The van der Waals surface area contributed by atoms with Crippen LogP contribution in [0.1, 0.15) is 40.7 Å². The molecule has 0 spiro atoms. The van der Waals surface area contributed by atoms with Crippen LogP contribution in [-0.2, 0) is 6.54 Å². The number of benzene rings is 1. The van der Waals surface area contributed by atoms with Crippen molar-refractivity contribution in [2.45, 2.75) is 25.3 Å². The van der Waals surface area contributed by atoms with Crippen LogP contribution in [0, 0.1) is 0 Å². The second kappa shape index (κ2) is 7.70. The molecule has 0 unspecified atom stereocenters. The summed E-state index contributed by atoms with van der Waals surface area (Å²) >= 11 is 0. The molecule has 2 aromatic heterocycles. The predicted molar refractivity (Wildman–Crippen MR) is 101 cm³/mol. The maximum absolute atomic E-state index is 12.8. The van der Waals surface area contributed by atoms with Crippen LogP contribution in [0.5, 0.6) is 5.95 Å². The molecule has 6 heteroatoms. The molecule has 1 atom stereocenters. The summed E-state index contributed by atoms with van der Waals surface area (Å²) in [5.41, 5.74) is 1.24. The average molecular weight is 365 g/mol. The molecule has 1 fully saturated rings. The molecule has 1 saturated heterocycles. The lowest BCUT2D eigenvalue weighted by atomic mass is 9.96. The van der Waals surface area contributed by atoms with Crippen LogP contribution in [0.4, 0.5) is 0 Å². The van der Waals surface area contributed by atoms with Gasteiger partial charge in [0, 0.05) is 44.0 Å². The van der Waals surface area contributed by atoms with Gasteiger partial charge in [0.15, 0.2) is 5.76 Å². The number of hydrogen-bond acceptors (Lipinski definition) is 4. The highest BCUT2D eigenvalue weighted by molar-refractivity contribution is 5.91. The van der Waals surface area contributed by atoms with Gasteiger partial charge in [-0.1, -0.05) is 30.3 Å². The third kappa shape index (κ3) is 3.74. The molecule has 1 aliphatic heterocycles. The number of carbonyl (C=O) groups excluding carboxylic acids is 1. The molecule has 0 radical (unpaired) electrons. The summed E-state index contributed by atoms with van der Waals surface area (Å²) in [5, 5.41) is 0. The Morgan fingerprint density at radius 1 is 1.26 bits per heavy atom. The molecule has 3 heterocycles. The van der Waals surface area contributed by atoms with Crippen molar-refractivity contribution in [1.29, 1.82) is 0 Å². The summed E-state index contributed by atoms with van der Waals surface area (Å²) in [5.74, 6) is 1.83. The van der Waals surface area contributed by atoms with Crippen molar-refractivity contribution >= 4 is 5.91 Å². The van der Waals surface area contributed by atoms with E-state index in [1.54, 1.807) is 12.1 Å². The third-order valence-corrected chi connectivity index (χ3v) is 5.01. The van der Waals surface area contributed by atoms with E-state index < -0.39 is 0 Å². The molecule has 1 aliphatic rings. The number of imidazole rings is 1. The smallest absolute Gasteiger partial charge is 0.289 e. The van der Waals surface area contributed by atoms with Gasteiger partial charge in [-0.15, -0.1) is 0 Å². The minimum absolute atomic E-state index is 0.0934. The van der Waals surface area contributed by atoms with Gasteiger partial charge in [-0.3, -0.25) is 4.79 Å². The van der Waals surface area contributed by atoms with E-state index in [0.717, 1.165) is 31.8 Å². The summed E-state index contributed by atoms with van der Waals surface area (Å²) in [7, 11) is 1.52. The van der Waals surface area contributed by atoms with Crippen LogP contribution in [0.15, 0.2) is 59.3 Å². The molecule has 0 saturated carbocycles. The van der Waals surface area contributed by atoms with E-state index in [1.807, 2.05) is 35.5 Å². The van der Waals surface area contributed by atoms with Crippen LogP contribution in [0.25, 0.3) is 0 Å². The number of piperidine rings is 1. The van der Waals surface area contributed by atoms with Gasteiger partial charge < -0.3 is 18.6 Å². The highest BCUT2D eigenvalue weighted by Crippen LogP contribution is 2.28. The molecule has 6 nitrogen and oxygen atoms in total. The van der Waals surface area contributed by atoms with E-state index in [1.165, 1.54) is 12.7 Å². The lowest BCUT2D eigenvalue weighted by Crippen LogP contribution is -2.39. The number of nitrogens with zero attached hydrogens (tertiary/aromatic N) is 3. The number of amides is 1. The van der Waals surface area contributed by atoms with Crippen molar-refractivity contribution in [3.63, 3.8) is 0 Å². The zero-order chi connectivity index (χ0) is 18.6. The van der Waals surface area contributed by atoms with Crippen molar-refractivity contribution in [2.24, 2.45) is 0 Å². The van der Waals surface area contributed by atoms with Crippen molar-refractivity contribution < 1.29 is 13.9 Å². The Labute approximate surface area is 158 Å². The monoisotopic (exact) mass is 365 g/mol. The normalized spacial score (nSPS) is 17.1. The fourth-order valence-electron chi connectivity index (χ4n) is 3.67. The van der Waals surface area contributed by atoms with E-state index in [0.29, 0.717) is 18.3 Å². The van der Waals surface area contributed by atoms with Crippen LogP contribution in [0.2, 0.25) is 0 Å². The van der Waals surface area contributed by atoms with E-state index in [2.05, 4.69) is 21.7 Å². The van der Waals surface area contributed by atoms with E-state index >= 15 is 0 Å². The zero-order valence-corrected chi connectivity index (χ0v) is 15.4. The summed E-state index contributed by atoms with van der Waals surface area (Å²) in [4.78, 5) is 19.2. The fraction of sp³-hybridized carbons (Fsp3) is 0.333. The Bertz CT molecular complexity index is 900. The second-order valence-electron chi connectivity index (χ2n) is 6.81. The summed E-state index contributed by atoms with van der Waals surface area (Å²) < 4.78 is 12.7. The predicted octanol–water partition coefficient (Wildman–Crippen LogP) is 3.55. The number of ether oxygens (including phenoxy) is 1. The number of aromatic nitrogens is 2. The average Bonchev–Trinajstić information content (AvgIpc) is 3.38. The molecule has 0 aliphatic carbocycles. The highest BCUT2D eigenvalue weighted by Gasteiger charge is 2.29. The minimum atomic E-state index is -0.0934. The van der Waals surface area contributed by atoms with Crippen LogP contribution in [0.3, 0.4) is 0 Å². The zero-order valence-electron chi connectivity index (χ0n) is 15.4. The lowest BCUT2D eigenvalue weighted by Gasteiger charge is -2.32. The largest absolute Gasteiger partial charge is 0.468 e. The summed E-state index contributed by atoms with van der Waals surface area (Å²) in [6.45, 7) is 2.17. The van der Waals surface area contributed by atoms with E-state index in [4.69, 9.17) is 9.15 Å². The third-order valence-electron chi connectivity index (χ3n) is 5.01. The Morgan fingerprint density at radius 2 is 2.11 bits per heavy atom. The quantitative estimate of drug-likeness (QED) is 0.694. The van der Waals surface area contributed by atoms with Crippen LogP contribution < -0.4 is 4.74 Å². The first-order valence-electron chi connectivity index (χ1n) is 9.22. The van der Waals surface area contributed by atoms with Gasteiger partial charge >= 0.3 is 0 Å². The summed E-state index contributed by atoms with van der Waals surface area (Å²) in [6, 6.07) is 13.7. The van der Waals surface area contributed by atoms with Crippen molar-refractivity contribution in [3.05, 3.63) is 72.0 Å². The van der Waals surface area contributed by atoms with Crippen LogP contribution in [-0.4, -0.2) is 40.6 Å². The SMILES string of the molecule is COc1ccc(C(=O)N2CCC[C@H](c3nccn3Cc3ccccc3)C2)o1. The van der Waals surface area contributed by atoms with E-state index in [9.17, 15) is 4.79 Å². The number of hydrogen-bond donors (Lipinski definition) is 0. The Kier molecular flexibility index (Phi) is 4.96. The highest BCUT2D eigenvalue weighted by atomic mass is 16.6.